The molecule has 1 saturated carbocycles. The van der Waals surface area contributed by atoms with Crippen molar-refractivity contribution in [2.24, 2.45) is 11.7 Å². The maximum atomic E-state index is 5.51. The van der Waals surface area contributed by atoms with Crippen LogP contribution in [0.3, 0.4) is 0 Å². The number of nitrogens with two attached hydrogens (primary N) is 1. The Labute approximate surface area is 90.9 Å². The van der Waals surface area contributed by atoms with Crippen LogP contribution in [0.4, 0.5) is 0 Å². The molecule has 15 heavy (non-hydrogen) atoms. The van der Waals surface area contributed by atoms with Gasteiger partial charge in [0.05, 0.1) is 12.6 Å². The van der Waals surface area contributed by atoms with Crippen LogP contribution in [-0.4, -0.2) is 14.8 Å². The standard InChI is InChI=1S/C11H20N4/c1-2-9-4-3-5-10(6-9)15-8-13-11(7-12)14-15/h8-10H,2-7,12H2,1H3. The van der Waals surface area contributed by atoms with Crippen molar-refractivity contribution in [3.63, 3.8) is 0 Å². The summed E-state index contributed by atoms with van der Waals surface area (Å²) >= 11 is 0. The SMILES string of the molecule is CCC1CCCC(n2cnc(CN)n2)C1. The van der Waals surface area contributed by atoms with Gasteiger partial charge < -0.3 is 5.73 Å². The van der Waals surface area contributed by atoms with E-state index in [0.29, 0.717) is 12.6 Å². The lowest BCUT2D eigenvalue weighted by Crippen LogP contribution is -2.19. The third-order valence-corrected chi connectivity index (χ3v) is 3.45. The molecule has 1 aliphatic carbocycles. The quantitative estimate of drug-likeness (QED) is 0.825. The third-order valence-electron chi connectivity index (χ3n) is 3.45. The summed E-state index contributed by atoms with van der Waals surface area (Å²) in [6.07, 6.45) is 8.32. The van der Waals surface area contributed by atoms with Crippen molar-refractivity contribution in [1.29, 1.82) is 0 Å². The van der Waals surface area contributed by atoms with Gasteiger partial charge in [0.1, 0.15) is 6.33 Å². The molecule has 0 aliphatic heterocycles. The van der Waals surface area contributed by atoms with Crippen LogP contribution in [0.15, 0.2) is 6.33 Å². The number of nitrogens with zero attached hydrogens (tertiary/aromatic N) is 3. The Bertz CT molecular complexity index is 307. The third kappa shape index (κ3) is 2.37. The van der Waals surface area contributed by atoms with Gasteiger partial charge in [-0.3, -0.25) is 0 Å². The van der Waals surface area contributed by atoms with Crippen LogP contribution >= 0.6 is 0 Å². The average Bonchev–Trinajstić information content (AvgIpc) is 2.78. The molecule has 0 radical (unpaired) electrons. The van der Waals surface area contributed by atoms with E-state index in [9.17, 15) is 0 Å². The molecule has 1 aliphatic rings. The lowest BCUT2D eigenvalue weighted by molar-refractivity contribution is 0.247. The van der Waals surface area contributed by atoms with Crippen molar-refractivity contribution < 1.29 is 0 Å². The molecule has 1 fully saturated rings. The van der Waals surface area contributed by atoms with Crippen molar-refractivity contribution in [1.82, 2.24) is 14.8 Å². The molecular weight excluding hydrogens is 188 g/mol. The van der Waals surface area contributed by atoms with Crippen molar-refractivity contribution in [3.05, 3.63) is 12.2 Å². The van der Waals surface area contributed by atoms with E-state index in [4.69, 9.17) is 5.73 Å². The van der Waals surface area contributed by atoms with Crippen LogP contribution in [0, 0.1) is 5.92 Å². The zero-order valence-electron chi connectivity index (χ0n) is 9.39. The first-order valence-electron chi connectivity index (χ1n) is 5.93. The van der Waals surface area contributed by atoms with Crippen LogP contribution in [0.5, 0.6) is 0 Å². The van der Waals surface area contributed by atoms with Crippen LogP contribution in [0.1, 0.15) is 50.9 Å². The van der Waals surface area contributed by atoms with Gasteiger partial charge in [-0.1, -0.05) is 26.2 Å². The number of aromatic nitrogens is 3. The molecule has 2 rings (SSSR count). The Morgan fingerprint density at radius 2 is 2.40 bits per heavy atom. The highest BCUT2D eigenvalue weighted by molar-refractivity contribution is 4.84. The summed E-state index contributed by atoms with van der Waals surface area (Å²) in [6.45, 7) is 2.72. The van der Waals surface area contributed by atoms with E-state index in [2.05, 4.69) is 17.0 Å². The van der Waals surface area contributed by atoms with E-state index >= 15 is 0 Å². The molecule has 1 heterocycles. The Hall–Kier alpha value is -0.900. The smallest absolute Gasteiger partial charge is 0.164 e. The molecule has 2 atom stereocenters. The number of hydrogen-bond donors (Lipinski definition) is 1. The van der Waals surface area contributed by atoms with Gasteiger partial charge in [0.15, 0.2) is 5.82 Å². The summed E-state index contributed by atoms with van der Waals surface area (Å²) in [4.78, 5) is 4.19. The van der Waals surface area contributed by atoms with E-state index in [1.165, 1.54) is 32.1 Å². The second kappa shape index (κ2) is 4.75. The summed E-state index contributed by atoms with van der Waals surface area (Å²) in [5, 5.41) is 4.40. The van der Waals surface area contributed by atoms with E-state index in [-0.39, 0.29) is 0 Å². The highest BCUT2D eigenvalue weighted by Gasteiger charge is 2.22. The van der Waals surface area contributed by atoms with Crippen LogP contribution in [-0.2, 0) is 6.54 Å². The molecule has 0 aromatic carbocycles. The summed E-state index contributed by atoms with van der Waals surface area (Å²) in [5.74, 6) is 1.63. The lowest BCUT2D eigenvalue weighted by Gasteiger charge is -2.28. The fourth-order valence-corrected chi connectivity index (χ4v) is 2.45. The highest BCUT2D eigenvalue weighted by atomic mass is 15.3. The summed E-state index contributed by atoms with van der Waals surface area (Å²) < 4.78 is 2.02. The van der Waals surface area contributed by atoms with Gasteiger partial charge in [-0.05, 0) is 18.8 Å². The minimum absolute atomic E-state index is 0.441. The Morgan fingerprint density at radius 1 is 1.53 bits per heavy atom. The molecule has 4 nitrogen and oxygen atoms in total. The molecule has 1 aromatic rings. The zero-order valence-corrected chi connectivity index (χ0v) is 9.39. The molecule has 2 N–H and O–H groups in total. The normalized spacial score (nSPS) is 26.8. The van der Waals surface area contributed by atoms with Crippen molar-refractivity contribution in [2.75, 3.05) is 0 Å². The molecule has 84 valence electrons. The van der Waals surface area contributed by atoms with Crippen molar-refractivity contribution in [3.8, 4) is 0 Å². The van der Waals surface area contributed by atoms with Gasteiger partial charge in [-0.25, -0.2) is 9.67 Å². The van der Waals surface area contributed by atoms with Crippen molar-refractivity contribution >= 4 is 0 Å². The van der Waals surface area contributed by atoms with Gasteiger partial charge in [-0.2, -0.15) is 5.10 Å². The predicted octanol–water partition coefficient (Wildman–Crippen LogP) is 1.88. The first kappa shape index (κ1) is 10.6. The second-order valence-electron chi connectivity index (χ2n) is 4.44. The van der Waals surface area contributed by atoms with Gasteiger partial charge >= 0.3 is 0 Å². The molecule has 0 spiro atoms. The monoisotopic (exact) mass is 208 g/mol. The predicted molar refractivity (Wildman–Crippen MR) is 59.2 cm³/mol. The maximum Gasteiger partial charge on any atom is 0.164 e. The van der Waals surface area contributed by atoms with Gasteiger partial charge in [0, 0.05) is 0 Å². The first-order valence-corrected chi connectivity index (χ1v) is 5.93. The molecule has 4 heteroatoms. The zero-order chi connectivity index (χ0) is 10.7. The average molecular weight is 208 g/mol. The summed E-state index contributed by atoms with van der Waals surface area (Å²) in [5.41, 5.74) is 5.51. The first-order chi connectivity index (χ1) is 7.33. The summed E-state index contributed by atoms with van der Waals surface area (Å²) in [7, 11) is 0. The van der Waals surface area contributed by atoms with Crippen LogP contribution in [0.25, 0.3) is 0 Å². The Balaban J connectivity index is 2.03. The van der Waals surface area contributed by atoms with Crippen LogP contribution in [0.2, 0.25) is 0 Å². The Kier molecular flexibility index (Phi) is 3.36. The molecular formula is C11H20N4. The van der Waals surface area contributed by atoms with Crippen LogP contribution < -0.4 is 5.73 Å². The molecule has 1 aromatic heterocycles. The number of hydrogen-bond acceptors (Lipinski definition) is 3. The van der Waals surface area contributed by atoms with Gasteiger partial charge in [-0.15, -0.1) is 0 Å². The maximum absolute atomic E-state index is 5.51. The van der Waals surface area contributed by atoms with Crippen molar-refractivity contribution in [2.45, 2.75) is 51.6 Å². The topological polar surface area (TPSA) is 56.7 Å². The van der Waals surface area contributed by atoms with Gasteiger partial charge in [0.2, 0.25) is 0 Å². The minimum atomic E-state index is 0.441. The molecule has 0 saturated heterocycles. The minimum Gasteiger partial charge on any atom is -0.324 e. The van der Waals surface area contributed by atoms with E-state index in [1.807, 2.05) is 11.0 Å². The van der Waals surface area contributed by atoms with E-state index < -0.39 is 0 Å². The van der Waals surface area contributed by atoms with E-state index in [1.54, 1.807) is 0 Å². The highest BCUT2D eigenvalue weighted by Crippen LogP contribution is 2.33. The molecule has 2 unspecified atom stereocenters. The largest absolute Gasteiger partial charge is 0.324 e. The fraction of sp³-hybridized carbons (Fsp3) is 0.818. The lowest BCUT2D eigenvalue weighted by atomic mass is 9.84. The molecule has 0 bridgehead atoms. The van der Waals surface area contributed by atoms with Gasteiger partial charge in [0.25, 0.3) is 0 Å². The molecule has 0 amide bonds. The summed E-state index contributed by atoms with van der Waals surface area (Å²) in [6, 6.07) is 0.552. The fourth-order valence-electron chi connectivity index (χ4n) is 2.45. The van der Waals surface area contributed by atoms with E-state index in [0.717, 1.165) is 11.7 Å². The number of rotatable bonds is 3. The second-order valence-corrected chi connectivity index (χ2v) is 4.44. The Morgan fingerprint density at radius 3 is 3.07 bits per heavy atom.